The first-order valence-electron chi connectivity index (χ1n) is 7.29. The van der Waals surface area contributed by atoms with Gasteiger partial charge in [0.2, 0.25) is 5.91 Å². The number of anilines is 1. The maximum Gasteiger partial charge on any atom is 0.231 e. The topological polar surface area (TPSA) is 20.3 Å². The Kier molecular flexibility index (Phi) is 3.98. The molecular formula is C18H18ClNO. The van der Waals surface area contributed by atoms with Gasteiger partial charge in [0.1, 0.15) is 0 Å². The Bertz CT molecular complexity index is 668. The summed E-state index contributed by atoms with van der Waals surface area (Å²) in [7, 11) is 0. The minimum absolute atomic E-state index is 0.113. The highest BCUT2D eigenvalue weighted by Gasteiger charge is 2.26. The van der Waals surface area contributed by atoms with Crippen LogP contribution in [0.2, 0.25) is 5.02 Å². The van der Waals surface area contributed by atoms with Crippen molar-refractivity contribution < 1.29 is 4.79 Å². The molecule has 1 unspecified atom stereocenters. The molecule has 0 aliphatic carbocycles. The van der Waals surface area contributed by atoms with Crippen molar-refractivity contribution in [3.63, 3.8) is 0 Å². The van der Waals surface area contributed by atoms with Gasteiger partial charge in [0.05, 0.1) is 6.42 Å². The van der Waals surface area contributed by atoms with Crippen molar-refractivity contribution in [2.45, 2.75) is 25.7 Å². The second-order valence-corrected chi connectivity index (χ2v) is 5.97. The average Bonchev–Trinajstić information content (AvgIpc) is 2.50. The van der Waals surface area contributed by atoms with E-state index in [1.165, 1.54) is 5.56 Å². The lowest BCUT2D eigenvalue weighted by Crippen LogP contribution is -2.37. The third-order valence-corrected chi connectivity index (χ3v) is 4.51. The molecule has 1 aliphatic rings. The largest absolute Gasteiger partial charge is 0.312 e. The van der Waals surface area contributed by atoms with Gasteiger partial charge in [-0.1, -0.05) is 54.9 Å². The number of hydrogen-bond donors (Lipinski definition) is 0. The SMILES string of the molecule is CC1CCN(C(=O)Cc2ccccc2Cl)c2ccccc21. The van der Waals surface area contributed by atoms with Crippen LogP contribution in [-0.2, 0) is 11.2 Å². The van der Waals surface area contributed by atoms with E-state index in [0.29, 0.717) is 17.4 Å². The summed E-state index contributed by atoms with van der Waals surface area (Å²) in [5.74, 6) is 0.619. The van der Waals surface area contributed by atoms with Crippen LogP contribution in [0.25, 0.3) is 0 Å². The zero-order valence-corrected chi connectivity index (χ0v) is 12.8. The van der Waals surface area contributed by atoms with Crippen LogP contribution in [0.15, 0.2) is 48.5 Å². The molecule has 3 rings (SSSR count). The van der Waals surface area contributed by atoms with Crippen LogP contribution < -0.4 is 4.90 Å². The molecule has 2 aromatic carbocycles. The van der Waals surface area contributed by atoms with E-state index < -0.39 is 0 Å². The maximum absolute atomic E-state index is 12.7. The van der Waals surface area contributed by atoms with Gasteiger partial charge >= 0.3 is 0 Å². The number of halogens is 1. The van der Waals surface area contributed by atoms with Crippen molar-refractivity contribution in [2.24, 2.45) is 0 Å². The quantitative estimate of drug-likeness (QED) is 0.803. The van der Waals surface area contributed by atoms with E-state index in [0.717, 1.165) is 24.2 Å². The number of carbonyl (C=O) groups excluding carboxylic acids is 1. The molecule has 0 radical (unpaired) electrons. The van der Waals surface area contributed by atoms with E-state index in [-0.39, 0.29) is 5.91 Å². The molecule has 1 atom stereocenters. The summed E-state index contributed by atoms with van der Waals surface area (Å²) in [5.41, 5.74) is 3.20. The molecular weight excluding hydrogens is 282 g/mol. The van der Waals surface area contributed by atoms with Gasteiger partial charge in [-0.2, -0.15) is 0 Å². The molecule has 1 heterocycles. The molecule has 2 nitrogen and oxygen atoms in total. The summed E-state index contributed by atoms with van der Waals surface area (Å²) in [5, 5.41) is 0.657. The fourth-order valence-corrected chi connectivity index (χ4v) is 3.11. The highest BCUT2D eigenvalue weighted by atomic mass is 35.5. The van der Waals surface area contributed by atoms with Crippen molar-refractivity contribution in [3.05, 3.63) is 64.7 Å². The van der Waals surface area contributed by atoms with Gasteiger partial charge in [-0.15, -0.1) is 0 Å². The highest BCUT2D eigenvalue weighted by molar-refractivity contribution is 6.31. The number of amides is 1. The molecule has 0 fully saturated rings. The van der Waals surface area contributed by atoms with Crippen LogP contribution >= 0.6 is 11.6 Å². The fraction of sp³-hybridized carbons (Fsp3) is 0.278. The first kappa shape index (κ1) is 14.2. The summed E-state index contributed by atoms with van der Waals surface area (Å²) in [6.45, 7) is 3.00. The third-order valence-electron chi connectivity index (χ3n) is 4.14. The van der Waals surface area contributed by atoms with Crippen molar-refractivity contribution in [3.8, 4) is 0 Å². The normalized spacial score (nSPS) is 17.4. The van der Waals surface area contributed by atoms with Crippen molar-refractivity contribution >= 4 is 23.2 Å². The number of fused-ring (bicyclic) bond motifs is 1. The first-order chi connectivity index (χ1) is 10.2. The Morgan fingerprint density at radius 1 is 1.19 bits per heavy atom. The summed E-state index contributed by atoms with van der Waals surface area (Å²) >= 11 is 6.16. The molecule has 0 spiro atoms. The number of hydrogen-bond acceptors (Lipinski definition) is 1. The Balaban J connectivity index is 1.86. The molecule has 0 aromatic heterocycles. The standard InChI is InChI=1S/C18H18ClNO/c1-13-10-11-20(17-9-5-3-7-15(13)17)18(21)12-14-6-2-4-8-16(14)19/h2-9,13H,10-12H2,1H3. The van der Waals surface area contributed by atoms with E-state index in [1.54, 1.807) is 0 Å². The number of benzene rings is 2. The molecule has 108 valence electrons. The number of rotatable bonds is 2. The van der Waals surface area contributed by atoms with Crippen molar-refractivity contribution in [1.82, 2.24) is 0 Å². The average molecular weight is 300 g/mol. The Morgan fingerprint density at radius 3 is 2.71 bits per heavy atom. The summed E-state index contributed by atoms with van der Waals surface area (Å²) in [4.78, 5) is 14.6. The van der Waals surface area contributed by atoms with Gasteiger partial charge in [-0.3, -0.25) is 4.79 Å². The maximum atomic E-state index is 12.7. The summed E-state index contributed by atoms with van der Waals surface area (Å²) < 4.78 is 0. The van der Waals surface area contributed by atoms with Crippen LogP contribution in [-0.4, -0.2) is 12.5 Å². The zero-order valence-electron chi connectivity index (χ0n) is 12.1. The number of carbonyl (C=O) groups is 1. The smallest absolute Gasteiger partial charge is 0.231 e. The second kappa shape index (κ2) is 5.90. The molecule has 1 aliphatic heterocycles. The minimum Gasteiger partial charge on any atom is -0.312 e. The molecule has 0 saturated heterocycles. The lowest BCUT2D eigenvalue weighted by molar-refractivity contribution is -0.118. The van der Waals surface area contributed by atoms with Crippen LogP contribution in [0.1, 0.15) is 30.4 Å². The van der Waals surface area contributed by atoms with Crippen molar-refractivity contribution in [1.29, 1.82) is 0 Å². The number of para-hydroxylation sites is 1. The highest BCUT2D eigenvalue weighted by Crippen LogP contribution is 2.35. The number of nitrogens with zero attached hydrogens (tertiary/aromatic N) is 1. The Hall–Kier alpha value is -1.80. The molecule has 3 heteroatoms. The third kappa shape index (κ3) is 2.81. The van der Waals surface area contributed by atoms with Crippen LogP contribution in [0.3, 0.4) is 0 Å². The van der Waals surface area contributed by atoms with Gasteiger partial charge in [-0.25, -0.2) is 0 Å². The monoisotopic (exact) mass is 299 g/mol. The first-order valence-corrected chi connectivity index (χ1v) is 7.67. The Morgan fingerprint density at radius 2 is 1.90 bits per heavy atom. The van der Waals surface area contributed by atoms with E-state index in [9.17, 15) is 4.79 Å². The fourth-order valence-electron chi connectivity index (χ4n) is 2.91. The van der Waals surface area contributed by atoms with E-state index in [2.05, 4.69) is 13.0 Å². The van der Waals surface area contributed by atoms with Crippen molar-refractivity contribution in [2.75, 3.05) is 11.4 Å². The molecule has 0 saturated carbocycles. The van der Waals surface area contributed by atoms with E-state index in [1.807, 2.05) is 47.4 Å². The molecule has 0 bridgehead atoms. The van der Waals surface area contributed by atoms with Gasteiger partial charge < -0.3 is 4.90 Å². The van der Waals surface area contributed by atoms with Crippen LogP contribution in [0, 0.1) is 0 Å². The minimum atomic E-state index is 0.113. The predicted molar refractivity (Wildman–Crippen MR) is 87.0 cm³/mol. The summed E-state index contributed by atoms with van der Waals surface area (Å²) in [6.07, 6.45) is 1.35. The van der Waals surface area contributed by atoms with E-state index in [4.69, 9.17) is 11.6 Å². The second-order valence-electron chi connectivity index (χ2n) is 5.56. The van der Waals surface area contributed by atoms with Gasteiger partial charge in [0.25, 0.3) is 0 Å². The molecule has 2 aromatic rings. The molecule has 21 heavy (non-hydrogen) atoms. The van der Waals surface area contributed by atoms with Crippen LogP contribution in [0.4, 0.5) is 5.69 Å². The Labute approximate surface area is 130 Å². The lowest BCUT2D eigenvalue weighted by Gasteiger charge is -2.33. The van der Waals surface area contributed by atoms with Gasteiger partial charge in [-0.05, 0) is 35.6 Å². The van der Waals surface area contributed by atoms with E-state index >= 15 is 0 Å². The lowest BCUT2D eigenvalue weighted by atomic mass is 9.91. The zero-order chi connectivity index (χ0) is 14.8. The molecule has 0 N–H and O–H groups in total. The van der Waals surface area contributed by atoms with Gasteiger partial charge in [0, 0.05) is 17.3 Å². The van der Waals surface area contributed by atoms with Crippen LogP contribution in [0.5, 0.6) is 0 Å². The van der Waals surface area contributed by atoms with Gasteiger partial charge in [0.15, 0.2) is 0 Å². The summed E-state index contributed by atoms with van der Waals surface area (Å²) in [6, 6.07) is 15.7. The predicted octanol–water partition coefficient (Wildman–Crippen LogP) is 4.42. The molecule has 1 amide bonds.